The molecule has 0 bridgehead atoms. The van der Waals surface area contributed by atoms with Crippen molar-refractivity contribution in [2.45, 2.75) is 44.3 Å². The molecule has 1 aliphatic rings. The quantitative estimate of drug-likeness (QED) is 0.716. The van der Waals surface area contributed by atoms with Crippen molar-refractivity contribution in [3.8, 4) is 11.4 Å². The highest BCUT2D eigenvalue weighted by Crippen LogP contribution is 2.33. The first kappa shape index (κ1) is 19.3. The van der Waals surface area contributed by atoms with Crippen molar-refractivity contribution in [1.29, 1.82) is 0 Å². The van der Waals surface area contributed by atoms with Crippen LogP contribution in [-0.4, -0.2) is 50.1 Å². The molecule has 0 spiro atoms. The number of hydrogen-bond donors (Lipinski definition) is 1. The highest BCUT2D eigenvalue weighted by Gasteiger charge is 2.41. The van der Waals surface area contributed by atoms with Gasteiger partial charge in [0.05, 0.1) is 6.61 Å². The van der Waals surface area contributed by atoms with Crippen molar-refractivity contribution < 1.29 is 9.53 Å². The highest BCUT2D eigenvalue weighted by molar-refractivity contribution is 5.85. The fraction of sp³-hybridized carbons (Fsp3) is 0.429. The molecular weight excluding hydrogens is 370 g/mol. The van der Waals surface area contributed by atoms with E-state index in [1.165, 1.54) is 10.6 Å². The average molecular weight is 395 g/mol. The number of nitrogens with zero attached hydrogens (tertiary/aromatic N) is 4. The summed E-state index contributed by atoms with van der Waals surface area (Å²) in [4.78, 5) is 34.5. The first-order valence-corrected chi connectivity index (χ1v) is 9.89. The second-order valence-electron chi connectivity index (χ2n) is 7.71. The maximum atomic E-state index is 12.8. The van der Waals surface area contributed by atoms with E-state index < -0.39 is 5.60 Å². The summed E-state index contributed by atoms with van der Waals surface area (Å²) in [5, 5.41) is 4.30. The molecule has 1 saturated carbocycles. The molecule has 29 heavy (non-hydrogen) atoms. The smallest absolute Gasteiger partial charge is 0.275 e. The molecule has 3 aromatic rings. The number of hydrogen-bond acceptors (Lipinski definition) is 5. The highest BCUT2D eigenvalue weighted by atomic mass is 16.5. The van der Waals surface area contributed by atoms with Gasteiger partial charge < -0.3 is 14.6 Å². The third kappa shape index (κ3) is 3.80. The molecular formula is C21H25N5O3. The Morgan fingerprint density at radius 3 is 2.62 bits per heavy atom. The van der Waals surface area contributed by atoms with Gasteiger partial charge in [0.2, 0.25) is 5.78 Å². The minimum atomic E-state index is -0.826. The van der Waals surface area contributed by atoms with Gasteiger partial charge in [0.25, 0.3) is 11.5 Å². The van der Waals surface area contributed by atoms with E-state index in [1.807, 2.05) is 30.3 Å². The number of carbonyl (C=O) groups is 1. The van der Waals surface area contributed by atoms with E-state index in [1.54, 1.807) is 19.0 Å². The van der Waals surface area contributed by atoms with Gasteiger partial charge in [0.15, 0.2) is 5.82 Å². The summed E-state index contributed by atoms with van der Waals surface area (Å²) in [6.07, 6.45) is 4.41. The maximum Gasteiger partial charge on any atom is 0.275 e. The van der Waals surface area contributed by atoms with Gasteiger partial charge in [-0.25, -0.2) is 0 Å². The van der Waals surface area contributed by atoms with Crippen LogP contribution in [0.3, 0.4) is 0 Å². The van der Waals surface area contributed by atoms with Crippen LogP contribution in [0.2, 0.25) is 0 Å². The van der Waals surface area contributed by atoms with Crippen molar-refractivity contribution in [2.75, 3.05) is 14.1 Å². The average Bonchev–Trinajstić information content (AvgIpc) is 3.18. The minimum Gasteiger partial charge on any atom is -0.359 e. The number of nitrogens with one attached hydrogen (secondary N) is 1. The van der Waals surface area contributed by atoms with Crippen LogP contribution in [0.5, 0.6) is 0 Å². The Morgan fingerprint density at radius 2 is 1.93 bits per heavy atom. The predicted molar refractivity (Wildman–Crippen MR) is 108 cm³/mol. The molecule has 0 radical (unpaired) electrons. The number of aromatic nitrogens is 4. The Balaban J connectivity index is 1.61. The number of benzene rings is 1. The molecule has 1 fully saturated rings. The Labute approximate surface area is 168 Å². The van der Waals surface area contributed by atoms with Gasteiger partial charge in [-0.2, -0.15) is 9.50 Å². The molecule has 1 aliphatic carbocycles. The lowest BCUT2D eigenvalue weighted by molar-refractivity contribution is -0.163. The van der Waals surface area contributed by atoms with Crippen LogP contribution < -0.4 is 5.56 Å². The number of H-pyrrole nitrogens is 1. The van der Waals surface area contributed by atoms with Gasteiger partial charge in [-0.3, -0.25) is 9.59 Å². The van der Waals surface area contributed by atoms with Crippen molar-refractivity contribution in [3.05, 3.63) is 52.4 Å². The zero-order valence-electron chi connectivity index (χ0n) is 16.7. The molecule has 0 aliphatic heterocycles. The number of carbonyl (C=O) groups excluding carboxylic acids is 1. The molecule has 8 nitrogen and oxygen atoms in total. The molecule has 1 amide bonds. The lowest BCUT2D eigenvalue weighted by atomic mass is 9.83. The molecule has 152 valence electrons. The molecule has 4 rings (SSSR count). The third-order valence-corrected chi connectivity index (χ3v) is 5.38. The van der Waals surface area contributed by atoms with Gasteiger partial charge in [-0.05, 0) is 12.8 Å². The van der Waals surface area contributed by atoms with E-state index in [0.29, 0.717) is 30.1 Å². The van der Waals surface area contributed by atoms with Crippen molar-refractivity contribution in [1.82, 2.24) is 24.5 Å². The van der Waals surface area contributed by atoms with E-state index in [0.717, 1.165) is 24.8 Å². The molecule has 1 aromatic carbocycles. The van der Waals surface area contributed by atoms with Crippen molar-refractivity contribution >= 4 is 11.7 Å². The van der Waals surface area contributed by atoms with Gasteiger partial charge in [0.1, 0.15) is 5.60 Å². The van der Waals surface area contributed by atoms with Crippen LogP contribution in [0, 0.1) is 0 Å². The number of amides is 1. The van der Waals surface area contributed by atoms with Crippen LogP contribution in [0.4, 0.5) is 0 Å². The molecule has 1 N–H and O–H groups in total. The summed E-state index contributed by atoms with van der Waals surface area (Å²) in [6.45, 7) is 0.138. The topological polar surface area (TPSA) is 92.6 Å². The maximum absolute atomic E-state index is 12.8. The predicted octanol–water partition coefficient (Wildman–Crippen LogP) is 2.39. The second kappa shape index (κ2) is 7.79. The second-order valence-corrected chi connectivity index (χ2v) is 7.71. The zero-order valence-corrected chi connectivity index (χ0v) is 16.7. The Morgan fingerprint density at radius 1 is 1.21 bits per heavy atom. The standard InChI is InChI=1S/C21H25N5O3/c1-25(2)19(28)21(11-7-4-8-12-21)29-14-16-13-17(27)26-20(22-16)23-18(24-26)15-9-5-3-6-10-15/h3,5-6,9-10,13H,4,7-8,11-12,14H2,1-2H3,(H,22,23,24). The van der Waals surface area contributed by atoms with Crippen LogP contribution >= 0.6 is 0 Å². The number of ether oxygens (including phenoxy) is 1. The molecule has 0 saturated heterocycles. The van der Waals surface area contributed by atoms with Crippen LogP contribution in [-0.2, 0) is 16.1 Å². The summed E-state index contributed by atoms with van der Waals surface area (Å²) in [7, 11) is 3.49. The molecule has 0 unspecified atom stereocenters. The summed E-state index contributed by atoms with van der Waals surface area (Å²) in [5.74, 6) is 0.810. The first-order valence-electron chi connectivity index (χ1n) is 9.89. The van der Waals surface area contributed by atoms with Crippen LogP contribution in [0.1, 0.15) is 37.8 Å². The van der Waals surface area contributed by atoms with E-state index >= 15 is 0 Å². The fourth-order valence-corrected chi connectivity index (χ4v) is 3.89. The monoisotopic (exact) mass is 395 g/mol. The molecule has 8 heteroatoms. The van der Waals surface area contributed by atoms with E-state index in [-0.39, 0.29) is 18.1 Å². The number of likely N-dealkylation sites (N-methyl/N-ethyl adjacent to an activating group) is 1. The number of rotatable bonds is 5. The van der Waals surface area contributed by atoms with E-state index in [2.05, 4.69) is 15.1 Å². The minimum absolute atomic E-state index is 0.0190. The normalized spacial score (nSPS) is 16.1. The van der Waals surface area contributed by atoms with Gasteiger partial charge in [-0.15, -0.1) is 5.10 Å². The largest absolute Gasteiger partial charge is 0.359 e. The van der Waals surface area contributed by atoms with Crippen LogP contribution in [0.15, 0.2) is 41.2 Å². The van der Waals surface area contributed by atoms with E-state index in [4.69, 9.17) is 4.74 Å². The van der Waals surface area contributed by atoms with Gasteiger partial charge >= 0.3 is 0 Å². The van der Waals surface area contributed by atoms with Crippen molar-refractivity contribution in [2.24, 2.45) is 0 Å². The fourth-order valence-electron chi connectivity index (χ4n) is 3.89. The summed E-state index contributed by atoms with van der Waals surface area (Å²) < 4.78 is 7.40. The van der Waals surface area contributed by atoms with Gasteiger partial charge in [0, 0.05) is 31.4 Å². The van der Waals surface area contributed by atoms with Gasteiger partial charge in [-0.1, -0.05) is 49.6 Å². The number of aromatic amines is 1. The summed E-state index contributed by atoms with van der Waals surface area (Å²) >= 11 is 0. The lowest BCUT2D eigenvalue weighted by Crippen LogP contribution is -2.49. The molecule has 2 heterocycles. The SMILES string of the molecule is CN(C)C(=O)C1(OCc2cc(=O)n3nc(-c4ccccc4)nc3[nH]2)CCCCC1. The summed E-state index contributed by atoms with van der Waals surface area (Å²) in [5.41, 5.74) is 0.294. The zero-order chi connectivity index (χ0) is 20.4. The van der Waals surface area contributed by atoms with Crippen LogP contribution in [0.25, 0.3) is 17.2 Å². The Bertz CT molecular complexity index is 1060. The Hall–Kier alpha value is -3.00. The molecule has 2 aromatic heterocycles. The van der Waals surface area contributed by atoms with E-state index in [9.17, 15) is 9.59 Å². The molecule has 0 atom stereocenters. The summed E-state index contributed by atoms with van der Waals surface area (Å²) in [6, 6.07) is 10.9. The Kier molecular flexibility index (Phi) is 5.19. The van der Waals surface area contributed by atoms with Crippen molar-refractivity contribution in [3.63, 3.8) is 0 Å². The lowest BCUT2D eigenvalue weighted by Gasteiger charge is -2.37. The first-order chi connectivity index (χ1) is 14.0. The number of fused-ring (bicyclic) bond motifs is 1. The third-order valence-electron chi connectivity index (χ3n) is 5.38.